The van der Waals surface area contributed by atoms with Gasteiger partial charge in [0, 0.05) is 20.1 Å². The normalized spacial score (nSPS) is 11.5. The Morgan fingerprint density at radius 1 is 1.08 bits per heavy atom. The SMILES string of the molecule is CCN(CC)CCCNC(=NC)NCc1ccc(OC)c(OC)c1. The predicted octanol–water partition coefficient (Wildman–Crippen LogP) is 2.10. The van der Waals surface area contributed by atoms with E-state index in [9.17, 15) is 0 Å². The number of nitrogens with one attached hydrogen (secondary N) is 2. The van der Waals surface area contributed by atoms with E-state index < -0.39 is 0 Å². The molecular formula is C18H32N4O2. The largest absolute Gasteiger partial charge is 0.493 e. The quantitative estimate of drug-likeness (QED) is 0.389. The third kappa shape index (κ3) is 6.66. The second-order valence-corrected chi connectivity index (χ2v) is 5.42. The summed E-state index contributed by atoms with van der Waals surface area (Å²) in [5.74, 6) is 2.28. The molecule has 1 aromatic rings. The highest BCUT2D eigenvalue weighted by molar-refractivity contribution is 5.79. The molecule has 0 spiro atoms. The van der Waals surface area contributed by atoms with Gasteiger partial charge in [-0.2, -0.15) is 0 Å². The van der Waals surface area contributed by atoms with Crippen LogP contribution in [0, 0.1) is 0 Å². The molecule has 1 rings (SSSR count). The molecule has 6 nitrogen and oxygen atoms in total. The van der Waals surface area contributed by atoms with Crippen LogP contribution < -0.4 is 20.1 Å². The second kappa shape index (κ2) is 11.6. The Labute approximate surface area is 146 Å². The summed E-state index contributed by atoms with van der Waals surface area (Å²) in [5.41, 5.74) is 1.11. The van der Waals surface area contributed by atoms with Crippen LogP contribution >= 0.6 is 0 Å². The molecule has 2 N–H and O–H groups in total. The van der Waals surface area contributed by atoms with Gasteiger partial charge in [-0.15, -0.1) is 0 Å². The smallest absolute Gasteiger partial charge is 0.191 e. The molecule has 0 atom stereocenters. The Balaban J connectivity index is 2.41. The summed E-state index contributed by atoms with van der Waals surface area (Å²) < 4.78 is 10.6. The van der Waals surface area contributed by atoms with E-state index in [1.54, 1.807) is 21.3 Å². The Morgan fingerprint density at radius 2 is 1.79 bits per heavy atom. The Hall–Kier alpha value is -1.95. The van der Waals surface area contributed by atoms with Crippen molar-refractivity contribution in [3.8, 4) is 11.5 Å². The lowest BCUT2D eigenvalue weighted by atomic mass is 10.2. The molecule has 24 heavy (non-hydrogen) atoms. The van der Waals surface area contributed by atoms with Gasteiger partial charge < -0.3 is 25.0 Å². The average molecular weight is 336 g/mol. The number of guanidine groups is 1. The van der Waals surface area contributed by atoms with E-state index in [1.165, 1.54) is 0 Å². The number of hydrogen-bond acceptors (Lipinski definition) is 4. The Kier molecular flexibility index (Phi) is 9.68. The number of hydrogen-bond donors (Lipinski definition) is 2. The fourth-order valence-electron chi connectivity index (χ4n) is 2.45. The molecule has 0 aliphatic heterocycles. The van der Waals surface area contributed by atoms with E-state index in [1.807, 2.05) is 18.2 Å². The second-order valence-electron chi connectivity index (χ2n) is 5.42. The van der Waals surface area contributed by atoms with Crippen molar-refractivity contribution < 1.29 is 9.47 Å². The van der Waals surface area contributed by atoms with Crippen LogP contribution in [0.2, 0.25) is 0 Å². The van der Waals surface area contributed by atoms with Crippen LogP contribution in [0.3, 0.4) is 0 Å². The molecule has 136 valence electrons. The number of methoxy groups -OCH3 is 2. The van der Waals surface area contributed by atoms with Gasteiger partial charge in [-0.1, -0.05) is 19.9 Å². The zero-order chi connectivity index (χ0) is 17.8. The summed E-state index contributed by atoms with van der Waals surface area (Å²) >= 11 is 0. The summed E-state index contributed by atoms with van der Waals surface area (Å²) in [6.07, 6.45) is 1.10. The standard InChI is InChI=1S/C18H32N4O2/c1-6-22(7-2)12-8-11-20-18(19-3)21-14-15-9-10-16(23-4)17(13-15)24-5/h9-10,13H,6-8,11-12,14H2,1-5H3,(H2,19,20,21). The van der Waals surface area contributed by atoms with Crippen LogP contribution in [0.25, 0.3) is 0 Å². The van der Waals surface area contributed by atoms with E-state index in [0.717, 1.165) is 55.6 Å². The highest BCUT2D eigenvalue weighted by Gasteiger charge is 2.05. The van der Waals surface area contributed by atoms with Gasteiger partial charge in [0.15, 0.2) is 17.5 Å². The van der Waals surface area contributed by atoms with E-state index in [-0.39, 0.29) is 0 Å². The third-order valence-corrected chi connectivity index (χ3v) is 3.97. The van der Waals surface area contributed by atoms with E-state index in [4.69, 9.17) is 9.47 Å². The lowest BCUT2D eigenvalue weighted by Crippen LogP contribution is -2.38. The van der Waals surface area contributed by atoms with Crippen molar-refractivity contribution in [2.45, 2.75) is 26.8 Å². The molecule has 0 unspecified atom stereocenters. The summed E-state index contributed by atoms with van der Waals surface area (Å²) in [4.78, 5) is 6.68. The fourth-order valence-corrected chi connectivity index (χ4v) is 2.45. The minimum absolute atomic E-state index is 0.677. The zero-order valence-electron chi connectivity index (χ0n) is 15.7. The molecule has 0 aromatic heterocycles. The van der Waals surface area contributed by atoms with E-state index in [2.05, 4.69) is 34.4 Å². The first-order valence-corrected chi connectivity index (χ1v) is 8.56. The first-order chi connectivity index (χ1) is 11.7. The summed E-state index contributed by atoms with van der Waals surface area (Å²) in [6.45, 7) is 9.28. The van der Waals surface area contributed by atoms with Crippen molar-refractivity contribution in [1.29, 1.82) is 0 Å². The van der Waals surface area contributed by atoms with Gasteiger partial charge in [-0.05, 0) is 43.8 Å². The first kappa shape index (κ1) is 20.1. The summed E-state index contributed by atoms with van der Waals surface area (Å²) in [6, 6.07) is 5.90. The highest BCUT2D eigenvalue weighted by atomic mass is 16.5. The maximum absolute atomic E-state index is 5.33. The predicted molar refractivity (Wildman–Crippen MR) is 100 cm³/mol. The van der Waals surface area contributed by atoms with Gasteiger partial charge in [-0.25, -0.2) is 0 Å². The number of benzene rings is 1. The molecule has 0 aliphatic rings. The maximum Gasteiger partial charge on any atom is 0.191 e. The van der Waals surface area contributed by atoms with Crippen LogP contribution in [-0.4, -0.2) is 58.3 Å². The molecule has 0 saturated heterocycles. The minimum Gasteiger partial charge on any atom is -0.493 e. The molecule has 0 heterocycles. The lowest BCUT2D eigenvalue weighted by Gasteiger charge is -2.18. The van der Waals surface area contributed by atoms with E-state index >= 15 is 0 Å². The van der Waals surface area contributed by atoms with Crippen molar-refractivity contribution in [3.05, 3.63) is 23.8 Å². The van der Waals surface area contributed by atoms with Crippen molar-refractivity contribution in [1.82, 2.24) is 15.5 Å². The van der Waals surface area contributed by atoms with Gasteiger partial charge in [0.05, 0.1) is 14.2 Å². The fraction of sp³-hybridized carbons (Fsp3) is 0.611. The van der Waals surface area contributed by atoms with Gasteiger partial charge in [0.2, 0.25) is 0 Å². The number of ether oxygens (including phenoxy) is 2. The molecular weight excluding hydrogens is 304 g/mol. The molecule has 0 aliphatic carbocycles. The molecule has 1 aromatic carbocycles. The molecule has 0 fully saturated rings. The number of rotatable bonds is 10. The van der Waals surface area contributed by atoms with Crippen molar-refractivity contribution in [2.24, 2.45) is 4.99 Å². The van der Waals surface area contributed by atoms with Crippen molar-refractivity contribution in [3.63, 3.8) is 0 Å². The Bertz CT molecular complexity index is 502. The molecule has 0 amide bonds. The van der Waals surface area contributed by atoms with Gasteiger partial charge in [0.25, 0.3) is 0 Å². The molecule has 0 saturated carbocycles. The van der Waals surface area contributed by atoms with Crippen molar-refractivity contribution >= 4 is 5.96 Å². The van der Waals surface area contributed by atoms with Crippen molar-refractivity contribution in [2.75, 3.05) is 47.4 Å². The Morgan fingerprint density at radius 3 is 2.38 bits per heavy atom. The lowest BCUT2D eigenvalue weighted by molar-refractivity contribution is 0.300. The number of aliphatic imine (C=N–C) groups is 1. The maximum atomic E-state index is 5.33. The van der Waals surface area contributed by atoms with Crippen LogP contribution in [0.15, 0.2) is 23.2 Å². The van der Waals surface area contributed by atoms with Crippen LogP contribution in [0.4, 0.5) is 0 Å². The van der Waals surface area contributed by atoms with Crippen LogP contribution in [0.5, 0.6) is 11.5 Å². The topological polar surface area (TPSA) is 58.1 Å². The van der Waals surface area contributed by atoms with Gasteiger partial charge in [0.1, 0.15) is 0 Å². The molecule has 0 bridgehead atoms. The monoisotopic (exact) mass is 336 g/mol. The average Bonchev–Trinajstić information content (AvgIpc) is 2.63. The first-order valence-electron chi connectivity index (χ1n) is 8.56. The highest BCUT2D eigenvalue weighted by Crippen LogP contribution is 2.27. The third-order valence-electron chi connectivity index (χ3n) is 3.97. The van der Waals surface area contributed by atoms with Crippen LogP contribution in [-0.2, 0) is 6.54 Å². The number of nitrogens with zero attached hydrogens (tertiary/aromatic N) is 2. The summed E-state index contributed by atoms with van der Waals surface area (Å²) in [7, 11) is 5.07. The van der Waals surface area contributed by atoms with Gasteiger partial charge in [-0.3, -0.25) is 4.99 Å². The minimum atomic E-state index is 0.677. The zero-order valence-corrected chi connectivity index (χ0v) is 15.7. The summed E-state index contributed by atoms with van der Waals surface area (Å²) in [5, 5.41) is 6.67. The van der Waals surface area contributed by atoms with Gasteiger partial charge >= 0.3 is 0 Å². The van der Waals surface area contributed by atoms with Crippen LogP contribution in [0.1, 0.15) is 25.8 Å². The molecule has 6 heteroatoms. The molecule has 0 radical (unpaired) electrons. The van der Waals surface area contributed by atoms with E-state index in [0.29, 0.717) is 6.54 Å².